The second kappa shape index (κ2) is 8.06. The van der Waals surface area contributed by atoms with Gasteiger partial charge in [-0.2, -0.15) is 4.68 Å². The van der Waals surface area contributed by atoms with Crippen LogP contribution in [-0.4, -0.2) is 32.8 Å². The van der Waals surface area contributed by atoms with E-state index in [2.05, 4.69) is 20.8 Å². The number of carbonyl (C=O) groups excluding carboxylic acids is 1. The van der Waals surface area contributed by atoms with E-state index in [1.165, 1.54) is 0 Å². The number of hydrogen-bond donors (Lipinski definition) is 1. The number of esters is 1. The lowest BCUT2D eigenvalue weighted by molar-refractivity contribution is 0.0527. The minimum atomic E-state index is -0.367. The van der Waals surface area contributed by atoms with Gasteiger partial charge in [0.15, 0.2) is 5.82 Å². The van der Waals surface area contributed by atoms with E-state index in [-0.39, 0.29) is 5.97 Å². The van der Waals surface area contributed by atoms with Crippen molar-refractivity contribution in [3.8, 4) is 5.69 Å². The van der Waals surface area contributed by atoms with E-state index in [1.807, 2.05) is 37.3 Å². The van der Waals surface area contributed by atoms with Gasteiger partial charge in [-0.05, 0) is 48.5 Å². The number of hydrogen-bond acceptors (Lipinski definition) is 6. The molecule has 0 aliphatic carbocycles. The summed E-state index contributed by atoms with van der Waals surface area (Å²) in [6, 6.07) is 15.0. The summed E-state index contributed by atoms with van der Waals surface area (Å²) in [5.41, 5.74) is 3.15. The second-order valence-corrected chi connectivity index (χ2v) is 5.53. The Bertz CT molecular complexity index is 916. The SMILES string of the molecule is CCOC(=O)c1ccccc1N/C=C/c1nnnn1-c1ccc(C)cc1. The first kappa shape index (κ1) is 17.3. The van der Waals surface area contributed by atoms with Crippen molar-refractivity contribution in [1.29, 1.82) is 0 Å². The van der Waals surface area contributed by atoms with Crippen LogP contribution in [0.25, 0.3) is 11.8 Å². The fourth-order valence-electron chi connectivity index (χ4n) is 2.37. The third-order valence-corrected chi connectivity index (χ3v) is 3.67. The van der Waals surface area contributed by atoms with Gasteiger partial charge in [-0.3, -0.25) is 0 Å². The largest absolute Gasteiger partial charge is 0.462 e. The summed E-state index contributed by atoms with van der Waals surface area (Å²) in [5, 5.41) is 14.8. The smallest absolute Gasteiger partial charge is 0.340 e. The Hall–Kier alpha value is -3.48. The first-order valence-electron chi connectivity index (χ1n) is 8.23. The number of ether oxygens (including phenoxy) is 1. The van der Waals surface area contributed by atoms with Crippen LogP contribution < -0.4 is 5.32 Å². The van der Waals surface area contributed by atoms with Crippen LogP contribution in [0.3, 0.4) is 0 Å². The Morgan fingerprint density at radius 2 is 1.96 bits per heavy atom. The summed E-state index contributed by atoms with van der Waals surface area (Å²) in [5.74, 6) is 0.198. The molecule has 0 unspecified atom stereocenters. The molecule has 0 aliphatic rings. The zero-order chi connectivity index (χ0) is 18.4. The van der Waals surface area contributed by atoms with Crippen molar-refractivity contribution in [3.05, 3.63) is 71.7 Å². The van der Waals surface area contributed by atoms with E-state index in [4.69, 9.17) is 4.74 Å². The van der Waals surface area contributed by atoms with Gasteiger partial charge in [-0.15, -0.1) is 5.10 Å². The standard InChI is InChI=1S/C19H19N5O2/c1-3-26-19(25)16-6-4-5-7-17(16)20-13-12-18-21-22-23-24(18)15-10-8-14(2)9-11-15/h4-13,20H,3H2,1-2H3/b13-12+. The Balaban J connectivity index is 1.78. The number of nitrogens with zero attached hydrogens (tertiary/aromatic N) is 4. The Kier molecular flexibility index (Phi) is 5.38. The number of rotatable bonds is 6. The van der Waals surface area contributed by atoms with Crippen LogP contribution in [0.15, 0.2) is 54.7 Å². The Labute approximate surface area is 151 Å². The fourth-order valence-corrected chi connectivity index (χ4v) is 2.37. The lowest BCUT2D eigenvalue weighted by atomic mass is 10.2. The number of aromatic nitrogens is 4. The summed E-state index contributed by atoms with van der Waals surface area (Å²) < 4.78 is 6.70. The molecule has 7 nitrogen and oxygen atoms in total. The lowest BCUT2D eigenvalue weighted by Gasteiger charge is -2.08. The molecule has 0 atom stereocenters. The van der Waals surface area contributed by atoms with Crippen LogP contribution in [-0.2, 0) is 4.74 Å². The minimum absolute atomic E-state index is 0.328. The highest BCUT2D eigenvalue weighted by Crippen LogP contribution is 2.17. The monoisotopic (exact) mass is 349 g/mol. The number of carbonyl (C=O) groups is 1. The van der Waals surface area contributed by atoms with Gasteiger partial charge in [0.1, 0.15) is 0 Å². The minimum Gasteiger partial charge on any atom is -0.462 e. The summed E-state index contributed by atoms with van der Waals surface area (Å²) in [6.07, 6.45) is 3.43. The fraction of sp³-hybridized carbons (Fsp3) is 0.158. The average molecular weight is 349 g/mol. The lowest BCUT2D eigenvalue weighted by Crippen LogP contribution is -2.07. The molecule has 0 fully saturated rings. The maximum atomic E-state index is 12.0. The predicted octanol–water partition coefficient (Wildman–Crippen LogP) is 3.23. The van der Waals surface area contributed by atoms with Gasteiger partial charge in [-0.25, -0.2) is 4.79 Å². The van der Waals surface area contributed by atoms with Gasteiger partial charge in [-0.1, -0.05) is 29.8 Å². The highest BCUT2D eigenvalue weighted by atomic mass is 16.5. The number of anilines is 1. The number of benzene rings is 2. The van der Waals surface area contributed by atoms with Gasteiger partial charge in [0.05, 0.1) is 23.5 Å². The molecule has 132 valence electrons. The number of para-hydroxylation sites is 1. The van der Waals surface area contributed by atoms with Crippen LogP contribution in [0.5, 0.6) is 0 Å². The highest BCUT2D eigenvalue weighted by molar-refractivity contribution is 5.95. The molecule has 0 amide bonds. The summed E-state index contributed by atoms with van der Waals surface area (Å²) >= 11 is 0. The van der Waals surface area contributed by atoms with Gasteiger partial charge in [0.2, 0.25) is 0 Å². The van der Waals surface area contributed by atoms with Crippen LogP contribution in [0.4, 0.5) is 5.69 Å². The Morgan fingerprint density at radius 3 is 2.73 bits per heavy atom. The van der Waals surface area contributed by atoms with E-state index < -0.39 is 0 Å². The molecule has 0 spiro atoms. The van der Waals surface area contributed by atoms with E-state index in [1.54, 1.807) is 42.1 Å². The summed E-state index contributed by atoms with van der Waals surface area (Å²) in [6.45, 7) is 4.13. The first-order valence-corrected chi connectivity index (χ1v) is 8.23. The number of tetrazole rings is 1. The molecule has 0 saturated heterocycles. The molecule has 0 radical (unpaired) electrons. The average Bonchev–Trinajstić information content (AvgIpc) is 3.11. The van der Waals surface area contributed by atoms with Crippen molar-refractivity contribution in [3.63, 3.8) is 0 Å². The highest BCUT2D eigenvalue weighted by Gasteiger charge is 2.11. The predicted molar refractivity (Wildman–Crippen MR) is 98.9 cm³/mol. The van der Waals surface area contributed by atoms with Crippen molar-refractivity contribution in [2.24, 2.45) is 0 Å². The van der Waals surface area contributed by atoms with E-state index in [0.29, 0.717) is 23.7 Å². The summed E-state index contributed by atoms with van der Waals surface area (Å²) in [4.78, 5) is 12.0. The van der Waals surface area contributed by atoms with Crippen molar-refractivity contribution in [2.75, 3.05) is 11.9 Å². The zero-order valence-corrected chi connectivity index (χ0v) is 14.6. The maximum absolute atomic E-state index is 12.0. The van der Waals surface area contributed by atoms with Crippen molar-refractivity contribution < 1.29 is 9.53 Å². The number of nitrogens with one attached hydrogen (secondary N) is 1. The molecule has 0 bridgehead atoms. The topological polar surface area (TPSA) is 81.9 Å². The molecule has 3 aromatic rings. The molecule has 0 aliphatic heterocycles. The van der Waals surface area contributed by atoms with Crippen LogP contribution >= 0.6 is 0 Å². The van der Waals surface area contributed by atoms with E-state index in [9.17, 15) is 4.79 Å². The van der Waals surface area contributed by atoms with Crippen LogP contribution in [0.2, 0.25) is 0 Å². The maximum Gasteiger partial charge on any atom is 0.340 e. The van der Waals surface area contributed by atoms with Crippen LogP contribution in [0.1, 0.15) is 28.7 Å². The third-order valence-electron chi connectivity index (χ3n) is 3.67. The Morgan fingerprint density at radius 1 is 1.19 bits per heavy atom. The quantitative estimate of drug-likeness (QED) is 0.688. The van der Waals surface area contributed by atoms with E-state index in [0.717, 1.165) is 11.3 Å². The van der Waals surface area contributed by atoms with E-state index >= 15 is 0 Å². The van der Waals surface area contributed by atoms with Crippen molar-refractivity contribution in [2.45, 2.75) is 13.8 Å². The second-order valence-electron chi connectivity index (χ2n) is 5.53. The molecule has 7 heteroatoms. The van der Waals surface area contributed by atoms with Crippen molar-refractivity contribution >= 4 is 17.7 Å². The molecule has 1 aromatic heterocycles. The van der Waals surface area contributed by atoms with Crippen molar-refractivity contribution in [1.82, 2.24) is 20.2 Å². The van der Waals surface area contributed by atoms with Gasteiger partial charge < -0.3 is 10.1 Å². The third kappa shape index (κ3) is 3.94. The molecule has 1 heterocycles. The van der Waals surface area contributed by atoms with Gasteiger partial charge >= 0.3 is 5.97 Å². The zero-order valence-electron chi connectivity index (χ0n) is 14.6. The summed E-state index contributed by atoms with van der Waals surface area (Å²) in [7, 11) is 0. The molecule has 3 rings (SSSR count). The molecule has 26 heavy (non-hydrogen) atoms. The van der Waals surface area contributed by atoms with Crippen LogP contribution in [0, 0.1) is 6.92 Å². The molecule has 1 N–H and O–H groups in total. The normalized spacial score (nSPS) is 10.8. The molecule has 2 aromatic carbocycles. The molecular formula is C19H19N5O2. The van der Waals surface area contributed by atoms with Gasteiger partial charge in [0.25, 0.3) is 0 Å². The van der Waals surface area contributed by atoms with Gasteiger partial charge in [0, 0.05) is 12.3 Å². The first-order chi connectivity index (χ1) is 12.7. The molecule has 0 saturated carbocycles. The number of aryl methyl sites for hydroxylation is 1. The molecular weight excluding hydrogens is 330 g/mol.